The van der Waals surface area contributed by atoms with E-state index in [1.165, 1.54) is 12.1 Å². The molecule has 2 heterocycles. The Bertz CT molecular complexity index is 709. The molecule has 6 nitrogen and oxygen atoms in total. The number of piperazine rings is 1. The second-order valence-corrected chi connectivity index (χ2v) is 6.34. The lowest BCUT2D eigenvalue weighted by molar-refractivity contribution is -0.129. The summed E-state index contributed by atoms with van der Waals surface area (Å²) in [7, 11) is 3.55. The third-order valence-corrected chi connectivity index (χ3v) is 4.34. The first kappa shape index (κ1) is 17.3. The molecule has 0 saturated carbocycles. The van der Waals surface area contributed by atoms with Gasteiger partial charge in [-0.2, -0.15) is 0 Å². The van der Waals surface area contributed by atoms with Gasteiger partial charge in [0.2, 0.25) is 5.91 Å². The average molecular weight is 343 g/mol. The Hall–Kier alpha value is -2.54. The summed E-state index contributed by atoms with van der Waals surface area (Å²) >= 11 is 0. The van der Waals surface area contributed by atoms with Gasteiger partial charge in [-0.3, -0.25) is 9.69 Å². The Morgan fingerprint density at radius 1 is 1.04 bits per heavy atom. The predicted octanol–water partition coefficient (Wildman–Crippen LogP) is 1.49. The monoisotopic (exact) mass is 343 g/mol. The van der Waals surface area contributed by atoms with Crippen LogP contribution in [0.4, 0.5) is 10.2 Å². The van der Waals surface area contributed by atoms with E-state index in [9.17, 15) is 9.18 Å². The third kappa shape index (κ3) is 4.30. The molecule has 3 rings (SSSR count). The van der Waals surface area contributed by atoms with Crippen LogP contribution in [0.15, 0.2) is 36.4 Å². The van der Waals surface area contributed by atoms with Crippen LogP contribution in [0, 0.1) is 5.82 Å². The van der Waals surface area contributed by atoms with Crippen molar-refractivity contribution < 1.29 is 9.18 Å². The molecule has 0 radical (unpaired) electrons. The maximum absolute atomic E-state index is 13.0. The zero-order chi connectivity index (χ0) is 17.8. The highest BCUT2D eigenvalue weighted by Gasteiger charge is 2.20. The van der Waals surface area contributed by atoms with Crippen LogP contribution in [0.2, 0.25) is 0 Å². The van der Waals surface area contributed by atoms with Gasteiger partial charge in [-0.05, 0) is 36.4 Å². The molecule has 7 heteroatoms. The Morgan fingerprint density at radius 3 is 2.28 bits per heavy atom. The Morgan fingerprint density at radius 2 is 1.72 bits per heavy atom. The van der Waals surface area contributed by atoms with Gasteiger partial charge in [0.1, 0.15) is 5.82 Å². The number of likely N-dealkylation sites (N-methyl/N-ethyl adjacent to an activating group) is 1. The van der Waals surface area contributed by atoms with Crippen molar-refractivity contribution in [3.05, 3.63) is 42.2 Å². The number of amides is 1. The van der Waals surface area contributed by atoms with E-state index in [-0.39, 0.29) is 11.7 Å². The summed E-state index contributed by atoms with van der Waals surface area (Å²) in [4.78, 5) is 17.7. The number of carbonyl (C=O) groups excluding carboxylic acids is 1. The molecule has 0 atom stereocenters. The summed E-state index contributed by atoms with van der Waals surface area (Å²) in [6, 6.07) is 10.1. The molecular formula is C18H22FN5O. The molecule has 0 unspecified atom stereocenters. The van der Waals surface area contributed by atoms with E-state index in [2.05, 4.69) is 20.0 Å². The lowest BCUT2D eigenvalue weighted by Crippen LogP contribution is -2.49. The number of benzene rings is 1. The van der Waals surface area contributed by atoms with Gasteiger partial charge in [-0.25, -0.2) is 4.39 Å². The van der Waals surface area contributed by atoms with Crippen molar-refractivity contribution in [2.24, 2.45) is 0 Å². The maximum atomic E-state index is 13.0. The zero-order valence-electron chi connectivity index (χ0n) is 14.5. The van der Waals surface area contributed by atoms with Crippen LogP contribution in [0.25, 0.3) is 11.3 Å². The number of hydrogen-bond acceptors (Lipinski definition) is 5. The first-order valence-corrected chi connectivity index (χ1v) is 8.30. The second kappa shape index (κ2) is 7.57. The minimum atomic E-state index is -0.265. The first-order chi connectivity index (χ1) is 12.0. The van der Waals surface area contributed by atoms with Crippen molar-refractivity contribution in [2.75, 3.05) is 51.7 Å². The fraction of sp³-hybridized carbons (Fsp3) is 0.389. The lowest BCUT2D eigenvalue weighted by atomic mass is 10.1. The van der Waals surface area contributed by atoms with E-state index >= 15 is 0 Å². The standard InChI is InChI=1S/C18H22FN5O/c1-22(2)18(25)13-23-9-11-24(12-10-23)17-8-7-16(20-21-17)14-3-5-15(19)6-4-14/h3-8H,9-13H2,1-2H3. The number of anilines is 1. The third-order valence-electron chi connectivity index (χ3n) is 4.34. The van der Waals surface area contributed by atoms with Gasteiger partial charge in [0.15, 0.2) is 5.82 Å². The molecule has 1 fully saturated rings. The van der Waals surface area contributed by atoms with E-state index < -0.39 is 0 Å². The maximum Gasteiger partial charge on any atom is 0.236 e. The fourth-order valence-corrected chi connectivity index (χ4v) is 2.74. The number of rotatable bonds is 4. The lowest BCUT2D eigenvalue weighted by Gasteiger charge is -2.35. The number of nitrogens with zero attached hydrogens (tertiary/aromatic N) is 5. The van der Waals surface area contributed by atoms with Crippen molar-refractivity contribution >= 4 is 11.7 Å². The Labute approximate surface area is 146 Å². The van der Waals surface area contributed by atoms with Crippen LogP contribution < -0.4 is 4.90 Å². The summed E-state index contributed by atoms with van der Waals surface area (Å²) in [6.07, 6.45) is 0. The summed E-state index contributed by atoms with van der Waals surface area (Å²) in [6.45, 7) is 3.72. The topological polar surface area (TPSA) is 52.6 Å². The normalized spacial score (nSPS) is 15.2. The number of hydrogen-bond donors (Lipinski definition) is 0. The van der Waals surface area contributed by atoms with E-state index in [0.29, 0.717) is 6.54 Å². The summed E-state index contributed by atoms with van der Waals surface area (Å²) < 4.78 is 13.0. The molecule has 1 aliphatic heterocycles. The highest BCUT2D eigenvalue weighted by Crippen LogP contribution is 2.19. The molecule has 1 amide bonds. The van der Waals surface area contributed by atoms with Crippen LogP contribution in [0.1, 0.15) is 0 Å². The van der Waals surface area contributed by atoms with Crippen LogP contribution in [0.3, 0.4) is 0 Å². The number of carbonyl (C=O) groups is 1. The molecule has 1 aromatic heterocycles. The van der Waals surface area contributed by atoms with Crippen molar-refractivity contribution in [1.82, 2.24) is 20.0 Å². The molecule has 132 valence electrons. The SMILES string of the molecule is CN(C)C(=O)CN1CCN(c2ccc(-c3ccc(F)cc3)nn2)CC1. The summed E-state index contributed by atoms with van der Waals surface area (Å²) in [5.41, 5.74) is 1.56. The minimum absolute atomic E-state index is 0.122. The largest absolute Gasteiger partial charge is 0.353 e. The molecule has 1 saturated heterocycles. The van der Waals surface area contributed by atoms with Gasteiger partial charge in [0.25, 0.3) is 0 Å². The quantitative estimate of drug-likeness (QED) is 0.842. The second-order valence-electron chi connectivity index (χ2n) is 6.34. The molecule has 2 aromatic rings. The van der Waals surface area contributed by atoms with Crippen LogP contribution in [-0.2, 0) is 4.79 Å². The van der Waals surface area contributed by atoms with Crippen molar-refractivity contribution in [3.63, 3.8) is 0 Å². The van der Waals surface area contributed by atoms with Gasteiger partial charge in [0.05, 0.1) is 12.2 Å². The molecule has 0 bridgehead atoms. The predicted molar refractivity (Wildman–Crippen MR) is 94.8 cm³/mol. The summed E-state index contributed by atoms with van der Waals surface area (Å²) in [5.74, 6) is 0.681. The van der Waals surface area contributed by atoms with Gasteiger partial charge >= 0.3 is 0 Å². The molecule has 0 spiro atoms. The Kier molecular flexibility index (Phi) is 5.23. The molecule has 1 aromatic carbocycles. The molecule has 25 heavy (non-hydrogen) atoms. The average Bonchev–Trinajstić information content (AvgIpc) is 2.63. The van der Waals surface area contributed by atoms with Gasteiger partial charge in [0, 0.05) is 45.8 Å². The molecule has 1 aliphatic rings. The molecular weight excluding hydrogens is 321 g/mol. The van der Waals surface area contributed by atoms with Gasteiger partial charge in [-0.1, -0.05) is 0 Å². The molecule has 0 aliphatic carbocycles. The highest BCUT2D eigenvalue weighted by molar-refractivity contribution is 5.77. The van der Waals surface area contributed by atoms with Crippen molar-refractivity contribution in [2.45, 2.75) is 0 Å². The van der Waals surface area contributed by atoms with Crippen LogP contribution in [-0.4, -0.2) is 72.7 Å². The minimum Gasteiger partial charge on any atom is -0.353 e. The smallest absolute Gasteiger partial charge is 0.236 e. The van der Waals surface area contributed by atoms with E-state index in [1.807, 2.05) is 12.1 Å². The first-order valence-electron chi connectivity index (χ1n) is 8.30. The van der Waals surface area contributed by atoms with E-state index in [1.54, 1.807) is 31.1 Å². The number of aromatic nitrogens is 2. The fourth-order valence-electron chi connectivity index (χ4n) is 2.74. The number of halogens is 1. The Balaban J connectivity index is 1.58. The van der Waals surface area contributed by atoms with Crippen LogP contribution in [0.5, 0.6) is 0 Å². The van der Waals surface area contributed by atoms with Gasteiger partial charge in [-0.15, -0.1) is 10.2 Å². The van der Waals surface area contributed by atoms with Gasteiger partial charge < -0.3 is 9.80 Å². The van der Waals surface area contributed by atoms with Crippen molar-refractivity contribution in [3.8, 4) is 11.3 Å². The summed E-state index contributed by atoms with van der Waals surface area (Å²) in [5, 5.41) is 8.56. The zero-order valence-corrected chi connectivity index (χ0v) is 14.5. The van der Waals surface area contributed by atoms with Crippen molar-refractivity contribution in [1.29, 1.82) is 0 Å². The molecule has 0 N–H and O–H groups in total. The van der Waals surface area contributed by atoms with E-state index in [0.717, 1.165) is 43.3 Å². The van der Waals surface area contributed by atoms with Crippen LogP contribution >= 0.6 is 0 Å². The highest BCUT2D eigenvalue weighted by atomic mass is 19.1. The van der Waals surface area contributed by atoms with E-state index in [4.69, 9.17) is 0 Å².